The summed E-state index contributed by atoms with van der Waals surface area (Å²) in [6, 6.07) is 2.61. The molecule has 0 aromatic heterocycles. The highest BCUT2D eigenvalue weighted by Gasteiger charge is 2.29. The Hall–Kier alpha value is 1.67. The number of hydrogen-bond donors (Lipinski definition) is 0. The van der Waals surface area contributed by atoms with Gasteiger partial charge in [-0.2, -0.15) is 0 Å². The van der Waals surface area contributed by atoms with Crippen molar-refractivity contribution in [3.63, 3.8) is 0 Å². The van der Waals surface area contributed by atoms with E-state index in [1.165, 1.54) is 50.6 Å². The van der Waals surface area contributed by atoms with E-state index in [2.05, 4.69) is 13.8 Å². The number of methoxy groups -OCH3 is 4. The predicted molar refractivity (Wildman–Crippen MR) is 149 cm³/mol. The molecule has 30 heavy (non-hydrogen) atoms. The summed E-state index contributed by atoms with van der Waals surface area (Å²) in [6.07, 6.45) is 9.81. The van der Waals surface area contributed by atoms with Gasteiger partial charge in [0.1, 0.15) is 10.8 Å². The molecule has 0 spiro atoms. The molecule has 0 aromatic carbocycles. The predicted octanol–water partition coefficient (Wildman–Crippen LogP) is 5.89. The summed E-state index contributed by atoms with van der Waals surface area (Å²) >= 11 is 0. The Bertz CT molecular complexity index is 343. The molecule has 0 aliphatic rings. The SMILES string of the molecule is CCCCC[SiH2]C(CCSSSSCCC(OC)(OC)[SiH2]CCCCC)(OC)OC. The smallest absolute Gasteiger partial charge is 0.145 e. The zero-order valence-electron chi connectivity index (χ0n) is 20.2. The number of ether oxygens (including phenoxy) is 4. The molecule has 0 amide bonds. The molecular formula is C20H46O4S4Si2. The molecule has 0 unspecified atom stereocenters. The molecular weight excluding hydrogens is 489 g/mol. The van der Waals surface area contributed by atoms with Crippen LogP contribution >= 0.6 is 41.2 Å². The molecule has 0 rings (SSSR count). The van der Waals surface area contributed by atoms with Gasteiger partial charge in [0.25, 0.3) is 0 Å². The molecule has 0 atom stereocenters. The van der Waals surface area contributed by atoms with Crippen molar-refractivity contribution in [2.45, 2.75) is 88.1 Å². The summed E-state index contributed by atoms with van der Waals surface area (Å²) < 4.78 is 23.2. The van der Waals surface area contributed by atoms with E-state index >= 15 is 0 Å². The molecule has 0 fully saturated rings. The van der Waals surface area contributed by atoms with Gasteiger partial charge in [-0.3, -0.25) is 0 Å². The van der Waals surface area contributed by atoms with E-state index < -0.39 is 0 Å². The van der Waals surface area contributed by atoms with E-state index in [1.807, 2.05) is 69.7 Å². The van der Waals surface area contributed by atoms with Crippen LogP contribution in [0.15, 0.2) is 0 Å². The van der Waals surface area contributed by atoms with Gasteiger partial charge in [-0.05, 0) is 19.7 Å². The average Bonchev–Trinajstić information content (AvgIpc) is 2.78. The van der Waals surface area contributed by atoms with Gasteiger partial charge >= 0.3 is 0 Å². The third-order valence-electron chi connectivity index (χ3n) is 5.57. The first-order valence-corrected chi connectivity index (χ1v) is 19.9. The lowest BCUT2D eigenvalue weighted by atomic mass is 10.3. The average molecular weight is 535 g/mol. The highest BCUT2D eigenvalue weighted by molar-refractivity contribution is 9.26. The summed E-state index contributed by atoms with van der Waals surface area (Å²) in [6.45, 7) is 4.51. The molecule has 0 bridgehead atoms. The first kappa shape index (κ1) is 31.7. The molecule has 0 heterocycles. The molecule has 0 aliphatic heterocycles. The third kappa shape index (κ3) is 14.7. The molecule has 0 saturated carbocycles. The lowest BCUT2D eigenvalue weighted by molar-refractivity contribution is -0.145. The van der Waals surface area contributed by atoms with Crippen molar-refractivity contribution in [2.75, 3.05) is 39.9 Å². The van der Waals surface area contributed by atoms with Gasteiger partial charge in [-0.25, -0.2) is 0 Å². The Morgan fingerprint density at radius 3 is 1.27 bits per heavy atom. The van der Waals surface area contributed by atoms with Gasteiger partial charge in [-0.15, -0.1) is 0 Å². The molecule has 0 saturated heterocycles. The standard InChI is InChI=1S/C20H46O4S4Si2/c1-7-9-11-17-29-19(21-3,22-4)13-15-25-27-28-26-16-14-20(23-5,24-6)30-18-12-10-8-2/h7-18,29-30H2,1-6H3. The highest BCUT2D eigenvalue weighted by atomic mass is 33.7. The van der Waals surface area contributed by atoms with Crippen LogP contribution in [0.5, 0.6) is 0 Å². The molecule has 0 aromatic rings. The van der Waals surface area contributed by atoms with Crippen molar-refractivity contribution >= 4 is 60.3 Å². The van der Waals surface area contributed by atoms with Gasteiger partial charge in [0.15, 0.2) is 0 Å². The van der Waals surface area contributed by atoms with Crippen LogP contribution in [-0.4, -0.2) is 69.8 Å². The van der Waals surface area contributed by atoms with Crippen molar-refractivity contribution in [1.82, 2.24) is 0 Å². The maximum atomic E-state index is 5.80. The zero-order chi connectivity index (χ0) is 22.6. The lowest BCUT2D eigenvalue weighted by Crippen LogP contribution is -2.41. The van der Waals surface area contributed by atoms with E-state index in [0.717, 1.165) is 24.3 Å². The van der Waals surface area contributed by atoms with Crippen molar-refractivity contribution in [2.24, 2.45) is 0 Å². The van der Waals surface area contributed by atoms with Gasteiger partial charge in [0, 0.05) is 52.8 Å². The van der Waals surface area contributed by atoms with Crippen LogP contribution in [-0.2, 0) is 18.9 Å². The highest BCUT2D eigenvalue weighted by Crippen LogP contribution is 2.44. The fraction of sp³-hybridized carbons (Fsp3) is 1.00. The molecule has 0 aliphatic carbocycles. The maximum Gasteiger partial charge on any atom is 0.145 e. The first-order chi connectivity index (χ1) is 14.6. The number of unbranched alkanes of at least 4 members (excludes halogenated alkanes) is 4. The Balaban J connectivity index is 3.99. The van der Waals surface area contributed by atoms with Crippen molar-refractivity contribution < 1.29 is 18.9 Å². The van der Waals surface area contributed by atoms with Gasteiger partial charge in [0.2, 0.25) is 0 Å². The summed E-state index contributed by atoms with van der Waals surface area (Å²) in [5, 5.41) is 0. The third-order valence-corrected chi connectivity index (χ3v) is 17.1. The minimum Gasteiger partial charge on any atom is -0.358 e. The van der Waals surface area contributed by atoms with Crippen molar-refractivity contribution in [1.29, 1.82) is 0 Å². The van der Waals surface area contributed by atoms with Crippen LogP contribution in [0.25, 0.3) is 0 Å². The van der Waals surface area contributed by atoms with E-state index in [4.69, 9.17) is 18.9 Å². The van der Waals surface area contributed by atoms with Crippen molar-refractivity contribution in [3.8, 4) is 0 Å². The topological polar surface area (TPSA) is 36.9 Å². The van der Waals surface area contributed by atoms with Crippen LogP contribution in [0, 0.1) is 0 Å². The van der Waals surface area contributed by atoms with Crippen LogP contribution in [0.1, 0.15) is 65.2 Å². The second kappa shape index (κ2) is 21.2. The molecule has 4 nitrogen and oxygen atoms in total. The Morgan fingerprint density at radius 2 is 0.967 bits per heavy atom. The normalized spacial score (nSPS) is 13.4. The quantitative estimate of drug-likeness (QED) is 0.0695. The van der Waals surface area contributed by atoms with E-state index in [9.17, 15) is 0 Å². The molecule has 0 N–H and O–H groups in total. The lowest BCUT2D eigenvalue weighted by Gasteiger charge is -2.31. The van der Waals surface area contributed by atoms with Gasteiger partial charge in [0.05, 0.1) is 19.0 Å². The zero-order valence-corrected chi connectivity index (χ0v) is 26.3. The van der Waals surface area contributed by atoms with Gasteiger partial charge < -0.3 is 18.9 Å². The minimum atomic E-state index is -0.385. The second-order valence-electron chi connectivity index (χ2n) is 7.54. The Morgan fingerprint density at radius 1 is 0.600 bits per heavy atom. The summed E-state index contributed by atoms with van der Waals surface area (Å²) in [5.74, 6) is 2.12. The maximum absolute atomic E-state index is 5.80. The summed E-state index contributed by atoms with van der Waals surface area (Å²) in [7, 11) is 14.0. The first-order valence-electron chi connectivity index (χ1n) is 11.4. The van der Waals surface area contributed by atoms with Crippen LogP contribution in [0.2, 0.25) is 12.1 Å². The number of hydrogen-bond acceptors (Lipinski definition) is 8. The van der Waals surface area contributed by atoms with Crippen LogP contribution in [0.4, 0.5) is 0 Å². The van der Waals surface area contributed by atoms with Crippen LogP contribution < -0.4 is 0 Å². The number of rotatable bonds is 23. The summed E-state index contributed by atoms with van der Waals surface area (Å²) in [4.78, 5) is 0. The summed E-state index contributed by atoms with van der Waals surface area (Å²) in [5.41, 5.74) is -0.559. The molecule has 182 valence electrons. The second-order valence-corrected chi connectivity index (χ2v) is 18.3. The van der Waals surface area contributed by atoms with Crippen LogP contribution in [0.3, 0.4) is 0 Å². The van der Waals surface area contributed by atoms with E-state index in [1.54, 1.807) is 0 Å². The fourth-order valence-electron chi connectivity index (χ4n) is 3.38. The Kier molecular flexibility index (Phi) is 22.4. The van der Waals surface area contributed by atoms with E-state index in [0.29, 0.717) is 0 Å². The minimum absolute atomic E-state index is 0.280. The molecule has 10 heteroatoms. The largest absolute Gasteiger partial charge is 0.358 e. The van der Waals surface area contributed by atoms with Crippen molar-refractivity contribution in [3.05, 3.63) is 0 Å². The monoisotopic (exact) mass is 534 g/mol. The van der Waals surface area contributed by atoms with E-state index in [-0.39, 0.29) is 29.9 Å². The fourth-order valence-corrected chi connectivity index (χ4v) is 14.0. The van der Waals surface area contributed by atoms with Gasteiger partial charge in [-0.1, -0.05) is 86.0 Å². The Labute approximate surface area is 206 Å². The molecule has 0 radical (unpaired) electrons.